The van der Waals surface area contributed by atoms with E-state index in [0.29, 0.717) is 24.5 Å². The SMILES string of the molecule is CC(C)C(=O)N1CCC(NC(=O)c2ccc(N)cn2)CC1. The summed E-state index contributed by atoms with van der Waals surface area (Å²) in [4.78, 5) is 29.8. The summed E-state index contributed by atoms with van der Waals surface area (Å²) in [7, 11) is 0. The molecule has 2 amide bonds. The Morgan fingerprint density at radius 1 is 1.33 bits per heavy atom. The van der Waals surface area contributed by atoms with Crippen molar-refractivity contribution in [3.05, 3.63) is 24.0 Å². The van der Waals surface area contributed by atoms with E-state index >= 15 is 0 Å². The summed E-state index contributed by atoms with van der Waals surface area (Å²) in [5.41, 5.74) is 6.45. The second kappa shape index (κ2) is 6.56. The lowest BCUT2D eigenvalue weighted by Crippen LogP contribution is -2.47. The summed E-state index contributed by atoms with van der Waals surface area (Å²) in [6, 6.07) is 3.36. The molecule has 1 aliphatic heterocycles. The highest BCUT2D eigenvalue weighted by molar-refractivity contribution is 5.92. The zero-order chi connectivity index (χ0) is 15.4. The van der Waals surface area contributed by atoms with E-state index in [0.717, 1.165) is 12.8 Å². The molecule has 1 aromatic rings. The van der Waals surface area contributed by atoms with Gasteiger partial charge in [-0.1, -0.05) is 13.8 Å². The van der Waals surface area contributed by atoms with Crippen molar-refractivity contribution in [1.82, 2.24) is 15.2 Å². The minimum atomic E-state index is -0.191. The molecule has 2 rings (SSSR count). The largest absolute Gasteiger partial charge is 0.397 e. The predicted octanol–water partition coefficient (Wildman–Crippen LogP) is 1.04. The van der Waals surface area contributed by atoms with Gasteiger partial charge in [-0.05, 0) is 25.0 Å². The number of nitrogen functional groups attached to an aromatic ring is 1. The van der Waals surface area contributed by atoms with Gasteiger partial charge in [-0.3, -0.25) is 9.59 Å². The molecule has 0 radical (unpaired) electrons. The van der Waals surface area contributed by atoms with Gasteiger partial charge < -0.3 is 16.0 Å². The Labute approximate surface area is 124 Å². The summed E-state index contributed by atoms with van der Waals surface area (Å²) in [6.07, 6.45) is 3.02. The van der Waals surface area contributed by atoms with Crippen LogP contribution in [0.15, 0.2) is 18.3 Å². The Morgan fingerprint density at radius 2 is 2.00 bits per heavy atom. The fourth-order valence-electron chi connectivity index (χ4n) is 2.41. The van der Waals surface area contributed by atoms with E-state index in [-0.39, 0.29) is 23.8 Å². The minimum absolute atomic E-state index is 0.0233. The molecule has 0 unspecified atom stereocenters. The summed E-state index contributed by atoms with van der Waals surface area (Å²) >= 11 is 0. The smallest absolute Gasteiger partial charge is 0.270 e. The molecule has 1 aliphatic rings. The number of likely N-dealkylation sites (tertiary alicyclic amines) is 1. The standard InChI is InChI=1S/C15H22N4O2/c1-10(2)15(21)19-7-5-12(6-8-19)18-14(20)13-4-3-11(16)9-17-13/h3-4,9-10,12H,5-8,16H2,1-2H3,(H,18,20). The lowest BCUT2D eigenvalue weighted by atomic mass is 10.0. The molecular formula is C15H22N4O2. The Kier molecular flexibility index (Phi) is 4.77. The van der Waals surface area contributed by atoms with Crippen molar-refractivity contribution < 1.29 is 9.59 Å². The number of hydrogen-bond donors (Lipinski definition) is 2. The lowest BCUT2D eigenvalue weighted by Gasteiger charge is -2.33. The maximum absolute atomic E-state index is 12.1. The topological polar surface area (TPSA) is 88.3 Å². The van der Waals surface area contributed by atoms with Crippen LogP contribution >= 0.6 is 0 Å². The van der Waals surface area contributed by atoms with Crippen LogP contribution in [0, 0.1) is 5.92 Å². The van der Waals surface area contributed by atoms with Gasteiger partial charge in [0.25, 0.3) is 5.91 Å². The second-order valence-corrected chi connectivity index (χ2v) is 5.70. The van der Waals surface area contributed by atoms with Gasteiger partial charge in [-0.2, -0.15) is 0 Å². The number of piperidine rings is 1. The van der Waals surface area contributed by atoms with Crippen LogP contribution in [-0.4, -0.2) is 40.8 Å². The normalized spacial score (nSPS) is 16.0. The number of carbonyl (C=O) groups excluding carboxylic acids is 2. The Bertz CT molecular complexity index is 505. The van der Waals surface area contributed by atoms with Crippen molar-refractivity contribution in [2.75, 3.05) is 18.8 Å². The molecule has 0 atom stereocenters. The number of anilines is 1. The molecule has 0 aliphatic carbocycles. The zero-order valence-electron chi connectivity index (χ0n) is 12.5. The van der Waals surface area contributed by atoms with Crippen molar-refractivity contribution in [2.24, 2.45) is 5.92 Å². The third-order valence-corrected chi connectivity index (χ3v) is 3.65. The first-order chi connectivity index (χ1) is 9.97. The molecule has 1 aromatic heterocycles. The molecule has 114 valence electrons. The van der Waals surface area contributed by atoms with Crippen molar-refractivity contribution in [3.8, 4) is 0 Å². The number of nitrogens with two attached hydrogens (primary N) is 1. The molecule has 21 heavy (non-hydrogen) atoms. The van der Waals surface area contributed by atoms with E-state index in [1.165, 1.54) is 6.20 Å². The average Bonchev–Trinajstić information content (AvgIpc) is 2.47. The van der Waals surface area contributed by atoms with Gasteiger partial charge in [0.2, 0.25) is 5.91 Å². The predicted molar refractivity (Wildman–Crippen MR) is 80.6 cm³/mol. The average molecular weight is 290 g/mol. The maximum Gasteiger partial charge on any atom is 0.270 e. The molecular weight excluding hydrogens is 268 g/mol. The van der Waals surface area contributed by atoms with Crippen molar-refractivity contribution in [3.63, 3.8) is 0 Å². The fourth-order valence-corrected chi connectivity index (χ4v) is 2.41. The summed E-state index contributed by atoms with van der Waals surface area (Å²) < 4.78 is 0. The molecule has 1 fully saturated rings. The molecule has 6 nitrogen and oxygen atoms in total. The molecule has 3 N–H and O–H groups in total. The number of pyridine rings is 1. The fraction of sp³-hybridized carbons (Fsp3) is 0.533. The number of aromatic nitrogens is 1. The van der Waals surface area contributed by atoms with Gasteiger partial charge in [0.1, 0.15) is 5.69 Å². The molecule has 0 saturated carbocycles. The van der Waals surface area contributed by atoms with Gasteiger partial charge in [0, 0.05) is 25.0 Å². The highest BCUT2D eigenvalue weighted by Gasteiger charge is 2.25. The van der Waals surface area contributed by atoms with Crippen LogP contribution in [0.5, 0.6) is 0 Å². The van der Waals surface area contributed by atoms with E-state index in [4.69, 9.17) is 5.73 Å². The highest BCUT2D eigenvalue weighted by atomic mass is 16.2. The van der Waals surface area contributed by atoms with Crippen LogP contribution in [0.1, 0.15) is 37.2 Å². The van der Waals surface area contributed by atoms with Crippen LogP contribution < -0.4 is 11.1 Å². The molecule has 0 bridgehead atoms. The van der Waals surface area contributed by atoms with E-state index in [1.807, 2.05) is 18.7 Å². The number of carbonyl (C=O) groups is 2. The Balaban J connectivity index is 1.84. The van der Waals surface area contributed by atoms with Crippen molar-refractivity contribution >= 4 is 17.5 Å². The quantitative estimate of drug-likeness (QED) is 0.870. The van der Waals surface area contributed by atoms with E-state index in [1.54, 1.807) is 12.1 Å². The van der Waals surface area contributed by atoms with Crippen LogP contribution in [0.4, 0.5) is 5.69 Å². The van der Waals surface area contributed by atoms with E-state index in [9.17, 15) is 9.59 Å². The lowest BCUT2D eigenvalue weighted by molar-refractivity contribution is -0.135. The first kappa shape index (κ1) is 15.3. The summed E-state index contributed by atoms with van der Waals surface area (Å²) in [5.74, 6) is 0.0127. The number of nitrogens with zero attached hydrogens (tertiary/aromatic N) is 2. The first-order valence-electron chi connectivity index (χ1n) is 7.28. The third kappa shape index (κ3) is 3.93. The van der Waals surface area contributed by atoms with Crippen LogP contribution in [0.25, 0.3) is 0 Å². The van der Waals surface area contributed by atoms with Gasteiger partial charge in [0.05, 0.1) is 11.9 Å². The van der Waals surface area contributed by atoms with E-state index < -0.39 is 0 Å². The summed E-state index contributed by atoms with van der Waals surface area (Å²) in [6.45, 7) is 5.19. The number of amides is 2. The number of hydrogen-bond acceptors (Lipinski definition) is 4. The van der Waals surface area contributed by atoms with Gasteiger partial charge >= 0.3 is 0 Å². The number of nitrogens with one attached hydrogen (secondary N) is 1. The molecule has 6 heteroatoms. The Morgan fingerprint density at radius 3 is 2.52 bits per heavy atom. The molecule has 1 saturated heterocycles. The van der Waals surface area contributed by atoms with Gasteiger partial charge in [0.15, 0.2) is 0 Å². The number of rotatable bonds is 3. The Hall–Kier alpha value is -2.11. The second-order valence-electron chi connectivity index (χ2n) is 5.70. The summed E-state index contributed by atoms with van der Waals surface area (Å²) in [5, 5.41) is 2.96. The third-order valence-electron chi connectivity index (χ3n) is 3.65. The van der Waals surface area contributed by atoms with Gasteiger partial charge in [-0.15, -0.1) is 0 Å². The zero-order valence-corrected chi connectivity index (χ0v) is 12.5. The van der Waals surface area contributed by atoms with Crippen molar-refractivity contribution in [2.45, 2.75) is 32.7 Å². The van der Waals surface area contributed by atoms with Crippen molar-refractivity contribution in [1.29, 1.82) is 0 Å². The van der Waals surface area contributed by atoms with Gasteiger partial charge in [-0.25, -0.2) is 4.98 Å². The minimum Gasteiger partial charge on any atom is -0.397 e. The van der Waals surface area contributed by atoms with Crippen LogP contribution in [0.3, 0.4) is 0 Å². The maximum atomic E-state index is 12.1. The molecule has 0 aromatic carbocycles. The molecule has 2 heterocycles. The van der Waals surface area contributed by atoms with Crippen LogP contribution in [-0.2, 0) is 4.79 Å². The first-order valence-corrected chi connectivity index (χ1v) is 7.28. The highest BCUT2D eigenvalue weighted by Crippen LogP contribution is 2.14. The van der Waals surface area contributed by atoms with Crippen LogP contribution in [0.2, 0.25) is 0 Å². The monoisotopic (exact) mass is 290 g/mol. The van der Waals surface area contributed by atoms with E-state index in [2.05, 4.69) is 10.3 Å². The molecule has 0 spiro atoms.